The zero-order chi connectivity index (χ0) is 8.93. The Balaban J connectivity index is 2.16. The molecule has 0 unspecified atom stereocenters. The molecular formula is C12H9Se. The van der Waals surface area contributed by atoms with Crippen molar-refractivity contribution < 1.29 is 0 Å². The van der Waals surface area contributed by atoms with Crippen LogP contribution in [-0.2, 0) is 0 Å². The fourth-order valence-corrected chi connectivity index (χ4v) is 2.78. The van der Waals surface area contributed by atoms with Crippen molar-refractivity contribution in [3.8, 4) is 0 Å². The zero-order valence-electron chi connectivity index (χ0n) is 7.10. The van der Waals surface area contributed by atoms with Crippen LogP contribution < -0.4 is 8.92 Å². The Morgan fingerprint density at radius 1 is 0.846 bits per heavy atom. The number of hydrogen-bond donors (Lipinski definition) is 0. The maximum atomic E-state index is 3.24. The van der Waals surface area contributed by atoms with E-state index < -0.39 is 0 Å². The molecule has 0 nitrogen and oxygen atoms in total. The van der Waals surface area contributed by atoms with E-state index in [1.165, 1.54) is 8.92 Å². The van der Waals surface area contributed by atoms with Gasteiger partial charge in [-0.1, -0.05) is 0 Å². The van der Waals surface area contributed by atoms with E-state index in [9.17, 15) is 0 Å². The summed E-state index contributed by atoms with van der Waals surface area (Å²) < 4.78 is 2.71. The molecule has 0 spiro atoms. The topological polar surface area (TPSA) is 0 Å². The molecule has 0 amide bonds. The van der Waals surface area contributed by atoms with Crippen molar-refractivity contribution in [2.24, 2.45) is 0 Å². The molecule has 13 heavy (non-hydrogen) atoms. The summed E-state index contributed by atoms with van der Waals surface area (Å²) in [6, 6.07) is 22.0. The Kier molecular flexibility index (Phi) is 2.81. The standard InChI is InChI=1S/C12H9Se/c1-3-7-11(8-4-1)13-12-9-5-2-6-10-12/h1-9H. The summed E-state index contributed by atoms with van der Waals surface area (Å²) in [5.74, 6) is 0. The molecular weight excluding hydrogens is 223 g/mol. The van der Waals surface area contributed by atoms with Crippen LogP contribution in [0.15, 0.2) is 54.6 Å². The Morgan fingerprint density at radius 3 is 2.31 bits per heavy atom. The predicted molar refractivity (Wildman–Crippen MR) is 56.7 cm³/mol. The molecule has 0 saturated heterocycles. The SMILES string of the molecule is [c]1ccccc1[Se]c1ccccc1. The monoisotopic (exact) mass is 233 g/mol. The van der Waals surface area contributed by atoms with E-state index in [0.29, 0.717) is 15.0 Å². The summed E-state index contributed by atoms with van der Waals surface area (Å²) in [7, 11) is 0. The normalized spacial score (nSPS) is 9.85. The quantitative estimate of drug-likeness (QED) is 0.681. The van der Waals surface area contributed by atoms with Crippen molar-refractivity contribution in [2.45, 2.75) is 0 Å². The Morgan fingerprint density at radius 2 is 1.62 bits per heavy atom. The van der Waals surface area contributed by atoms with Gasteiger partial charge in [-0.25, -0.2) is 0 Å². The van der Waals surface area contributed by atoms with Crippen molar-refractivity contribution in [1.29, 1.82) is 0 Å². The van der Waals surface area contributed by atoms with Gasteiger partial charge in [0, 0.05) is 0 Å². The molecule has 0 aliphatic heterocycles. The fourth-order valence-electron chi connectivity index (χ4n) is 1.06. The van der Waals surface area contributed by atoms with E-state index in [-0.39, 0.29) is 0 Å². The first-order valence-electron chi connectivity index (χ1n) is 4.15. The van der Waals surface area contributed by atoms with Gasteiger partial charge in [0.15, 0.2) is 0 Å². The molecule has 0 aromatic heterocycles. The third-order valence-electron chi connectivity index (χ3n) is 1.65. The van der Waals surface area contributed by atoms with E-state index in [1.807, 2.05) is 18.2 Å². The Hall–Kier alpha value is -1.04. The first-order valence-corrected chi connectivity index (χ1v) is 5.86. The molecule has 1 heteroatoms. The van der Waals surface area contributed by atoms with Gasteiger partial charge in [0.05, 0.1) is 0 Å². The molecule has 0 bridgehead atoms. The van der Waals surface area contributed by atoms with Gasteiger partial charge in [0.25, 0.3) is 0 Å². The van der Waals surface area contributed by atoms with Crippen molar-refractivity contribution >= 4 is 23.9 Å². The van der Waals surface area contributed by atoms with Crippen LogP contribution in [0, 0.1) is 6.07 Å². The minimum absolute atomic E-state index is 0.405. The second-order valence-corrected chi connectivity index (χ2v) is 4.98. The van der Waals surface area contributed by atoms with E-state index in [4.69, 9.17) is 0 Å². The van der Waals surface area contributed by atoms with Gasteiger partial charge in [-0.3, -0.25) is 0 Å². The van der Waals surface area contributed by atoms with Crippen LogP contribution in [0.3, 0.4) is 0 Å². The average molecular weight is 232 g/mol. The van der Waals surface area contributed by atoms with Crippen LogP contribution in [0.2, 0.25) is 0 Å². The van der Waals surface area contributed by atoms with Gasteiger partial charge in [-0.2, -0.15) is 0 Å². The summed E-state index contributed by atoms with van der Waals surface area (Å²) in [5.41, 5.74) is 0. The van der Waals surface area contributed by atoms with Crippen molar-refractivity contribution in [3.63, 3.8) is 0 Å². The summed E-state index contributed by atoms with van der Waals surface area (Å²) >= 11 is 0.405. The summed E-state index contributed by atoms with van der Waals surface area (Å²) in [6.45, 7) is 0. The van der Waals surface area contributed by atoms with Crippen LogP contribution in [0.5, 0.6) is 0 Å². The number of rotatable bonds is 2. The molecule has 0 aliphatic carbocycles. The van der Waals surface area contributed by atoms with Crippen LogP contribution in [0.25, 0.3) is 0 Å². The van der Waals surface area contributed by atoms with E-state index in [0.717, 1.165) is 0 Å². The number of benzene rings is 2. The van der Waals surface area contributed by atoms with E-state index >= 15 is 0 Å². The summed E-state index contributed by atoms with van der Waals surface area (Å²) in [6.07, 6.45) is 0. The minimum atomic E-state index is 0.405. The molecule has 0 saturated carbocycles. The zero-order valence-corrected chi connectivity index (χ0v) is 8.82. The van der Waals surface area contributed by atoms with Gasteiger partial charge in [-0.15, -0.1) is 0 Å². The molecule has 0 heterocycles. The predicted octanol–water partition coefficient (Wildman–Crippen LogP) is 1.14. The number of hydrogen-bond acceptors (Lipinski definition) is 0. The second kappa shape index (κ2) is 4.27. The molecule has 2 rings (SSSR count). The van der Waals surface area contributed by atoms with Gasteiger partial charge < -0.3 is 0 Å². The van der Waals surface area contributed by atoms with Gasteiger partial charge >= 0.3 is 84.5 Å². The van der Waals surface area contributed by atoms with Crippen molar-refractivity contribution in [2.75, 3.05) is 0 Å². The molecule has 1 radical (unpaired) electrons. The first-order chi connectivity index (χ1) is 6.45. The Bertz CT molecular complexity index is 316. The second-order valence-electron chi connectivity index (χ2n) is 2.64. The third-order valence-corrected chi connectivity index (χ3v) is 3.71. The molecule has 2 aromatic rings. The molecule has 0 fully saturated rings. The summed E-state index contributed by atoms with van der Waals surface area (Å²) in [4.78, 5) is 0. The van der Waals surface area contributed by atoms with Gasteiger partial charge in [0.1, 0.15) is 0 Å². The van der Waals surface area contributed by atoms with Gasteiger partial charge in [0.2, 0.25) is 0 Å². The van der Waals surface area contributed by atoms with E-state index in [1.54, 1.807) is 0 Å². The maximum absolute atomic E-state index is 3.24. The van der Waals surface area contributed by atoms with Crippen LogP contribution in [-0.4, -0.2) is 15.0 Å². The third kappa shape index (κ3) is 2.45. The molecule has 0 N–H and O–H groups in total. The van der Waals surface area contributed by atoms with Crippen molar-refractivity contribution in [3.05, 3.63) is 60.7 Å². The van der Waals surface area contributed by atoms with Crippen LogP contribution >= 0.6 is 0 Å². The van der Waals surface area contributed by atoms with Gasteiger partial charge in [-0.05, 0) is 0 Å². The van der Waals surface area contributed by atoms with Crippen LogP contribution in [0.1, 0.15) is 0 Å². The molecule has 0 aliphatic rings. The molecule has 63 valence electrons. The molecule has 2 aromatic carbocycles. The Labute approximate surface area is 84.8 Å². The van der Waals surface area contributed by atoms with Crippen molar-refractivity contribution in [1.82, 2.24) is 0 Å². The fraction of sp³-hybridized carbons (Fsp3) is 0. The average Bonchev–Trinajstić information content (AvgIpc) is 2.21. The van der Waals surface area contributed by atoms with E-state index in [2.05, 4.69) is 42.5 Å². The van der Waals surface area contributed by atoms with Crippen LogP contribution in [0.4, 0.5) is 0 Å². The summed E-state index contributed by atoms with van der Waals surface area (Å²) in [5, 5.41) is 0. The first kappa shape index (κ1) is 8.55. The molecule has 0 atom stereocenters.